The van der Waals surface area contributed by atoms with Gasteiger partial charge in [0.2, 0.25) is 0 Å². The molecule has 0 spiro atoms. The molecule has 0 N–H and O–H groups in total. The Bertz CT molecular complexity index is 343. The molecule has 2 aliphatic rings. The first-order valence-corrected chi connectivity index (χ1v) is 9.01. The van der Waals surface area contributed by atoms with E-state index >= 15 is 0 Å². The van der Waals surface area contributed by atoms with Crippen LogP contribution in [-0.2, 0) is 23.7 Å². The molecule has 0 aliphatic carbocycles. The van der Waals surface area contributed by atoms with E-state index < -0.39 is 5.79 Å². The Kier molecular flexibility index (Phi) is 6.87. The van der Waals surface area contributed by atoms with Crippen LogP contribution in [0.25, 0.3) is 0 Å². The van der Waals surface area contributed by atoms with Crippen LogP contribution in [0.1, 0.15) is 60.3 Å². The Labute approximate surface area is 140 Å². The average Bonchev–Trinajstić information content (AvgIpc) is 3.20. The van der Waals surface area contributed by atoms with Crippen LogP contribution in [-0.4, -0.2) is 56.1 Å². The smallest absolute Gasteiger partial charge is 0.173 e. The van der Waals surface area contributed by atoms with Crippen molar-refractivity contribution in [3.8, 4) is 0 Å². The fourth-order valence-electron chi connectivity index (χ4n) is 3.34. The van der Waals surface area contributed by atoms with Gasteiger partial charge in [0.1, 0.15) is 6.10 Å². The number of rotatable bonds is 10. The van der Waals surface area contributed by atoms with Gasteiger partial charge in [-0.15, -0.1) is 0 Å². The molecule has 0 amide bonds. The molecule has 5 nitrogen and oxygen atoms in total. The van der Waals surface area contributed by atoms with Crippen LogP contribution in [0, 0.1) is 0 Å². The number of ether oxygens (including phenoxy) is 5. The van der Waals surface area contributed by atoms with Crippen molar-refractivity contribution < 1.29 is 23.7 Å². The largest absolute Gasteiger partial charge is 0.379 e. The molecule has 2 unspecified atom stereocenters. The van der Waals surface area contributed by atoms with Crippen molar-refractivity contribution in [1.29, 1.82) is 0 Å². The van der Waals surface area contributed by atoms with Gasteiger partial charge in [-0.05, 0) is 47.5 Å². The van der Waals surface area contributed by atoms with Gasteiger partial charge in [-0.3, -0.25) is 0 Å². The van der Waals surface area contributed by atoms with Crippen LogP contribution in [0.5, 0.6) is 0 Å². The quantitative estimate of drug-likeness (QED) is 0.349. The van der Waals surface area contributed by atoms with Crippen molar-refractivity contribution in [3.63, 3.8) is 0 Å². The minimum Gasteiger partial charge on any atom is -0.379 e. The molecular formula is C18H34O5. The van der Waals surface area contributed by atoms with E-state index in [0.717, 1.165) is 38.9 Å². The van der Waals surface area contributed by atoms with E-state index in [-0.39, 0.29) is 17.8 Å². The summed E-state index contributed by atoms with van der Waals surface area (Å²) in [7, 11) is 0. The van der Waals surface area contributed by atoms with E-state index in [0.29, 0.717) is 19.3 Å². The molecule has 5 heteroatoms. The van der Waals surface area contributed by atoms with Gasteiger partial charge in [0.25, 0.3) is 0 Å². The highest BCUT2D eigenvalue weighted by Gasteiger charge is 2.46. The molecule has 0 radical (unpaired) electrons. The highest BCUT2D eigenvalue weighted by molar-refractivity contribution is 4.90. The lowest BCUT2D eigenvalue weighted by Crippen LogP contribution is -2.52. The van der Waals surface area contributed by atoms with Gasteiger partial charge in [-0.2, -0.15) is 0 Å². The van der Waals surface area contributed by atoms with Crippen molar-refractivity contribution in [1.82, 2.24) is 0 Å². The SMILES string of the molecule is CC(C)OC1(OC(C)C)CCOC(C)(CCCOCC2CO2)C1. The summed E-state index contributed by atoms with van der Waals surface area (Å²) < 4.78 is 29.3. The van der Waals surface area contributed by atoms with Crippen LogP contribution in [0.2, 0.25) is 0 Å². The summed E-state index contributed by atoms with van der Waals surface area (Å²) in [5.41, 5.74) is -0.221. The van der Waals surface area contributed by atoms with Gasteiger partial charge < -0.3 is 23.7 Å². The maximum Gasteiger partial charge on any atom is 0.173 e. The summed E-state index contributed by atoms with van der Waals surface area (Å²) in [6, 6.07) is 0. The third-order valence-electron chi connectivity index (χ3n) is 4.18. The molecule has 2 aliphatic heterocycles. The standard InChI is InChI=1S/C18H34O5/c1-14(2)22-18(23-15(3)4)8-10-21-17(5,13-18)7-6-9-19-11-16-12-20-16/h14-16H,6-13H2,1-5H3. The fraction of sp³-hybridized carbons (Fsp3) is 1.00. The average molecular weight is 330 g/mol. The molecule has 0 bridgehead atoms. The number of epoxide rings is 1. The molecule has 2 heterocycles. The van der Waals surface area contributed by atoms with Crippen molar-refractivity contribution in [2.75, 3.05) is 26.4 Å². The summed E-state index contributed by atoms with van der Waals surface area (Å²) in [4.78, 5) is 0. The zero-order valence-electron chi connectivity index (χ0n) is 15.4. The Morgan fingerprint density at radius 3 is 2.35 bits per heavy atom. The first kappa shape index (κ1) is 19.1. The van der Waals surface area contributed by atoms with Gasteiger partial charge in [0.15, 0.2) is 5.79 Å². The van der Waals surface area contributed by atoms with Crippen LogP contribution in [0.3, 0.4) is 0 Å². The first-order chi connectivity index (χ1) is 10.8. The molecular weight excluding hydrogens is 296 g/mol. The maximum absolute atomic E-state index is 6.20. The Morgan fingerprint density at radius 2 is 1.78 bits per heavy atom. The summed E-state index contributed by atoms with van der Waals surface area (Å²) in [6.07, 6.45) is 4.08. The molecule has 2 atom stereocenters. The molecule has 2 rings (SSSR count). The predicted octanol–water partition coefficient (Wildman–Crippen LogP) is 3.30. The lowest BCUT2D eigenvalue weighted by Gasteiger charge is -2.47. The highest BCUT2D eigenvalue weighted by atomic mass is 16.7. The molecule has 2 saturated heterocycles. The lowest BCUT2D eigenvalue weighted by molar-refractivity contribution is -0.319. The summed E-state index contributed by atoms with van der Waals surface area (Å²) in [6.45, 7) is 13.4. The van der Waals surface area contributed by atoms with Gasteiger partial charge in [0, 0.05) is 19.4 Å². The van der Waals surface area contributed by atoms with Crippen molar-refractivity contribution >= 4 is 0 Å². The van der Waals surface area contributed by atoms with E-state index in [1.807, 2.05) is 0 Å². The van der Waals surface area contributed by atoms with Crippen LogP contribution < -0.4 is 0 Å². The van der Waals surface area contributed by atoms with Crippen molar-refractivity contribution in [3.05, 3.63) is 0 Å². The summed E-state index contributed by atoms with van der Waals surface area (Å²) in [5.74, 6) is -0.530. The second kappa shape index (κ2) is 8.26. The Hall–Kier alpha value is -0.200. The van der Waals surface area contributed by atoms with Crippen LogP contribution >= 0.6 is 0 Å². The van der Waals surface area contributed by atoms with E-state index in [2.05, 4.69) is 34.6 Å². The second-order valence-electron chi connectivity index (χ2n) is 7.60. The topological polar surface area (TPSA) is 49.5 Å². The van der Waals surface area contributed by atoms with Gasteiger partial charge in [-0.25, -0.2) is 0 Å². The van der Waals surface area contributed by atoms with E-state index in [4.69, 9.17) is 23.7 Å². The molecule has 136 valence electrons. The normalized spacial score (nSPS) is 30.1. The molecule has 0 saturated carbocycles. The second-order valence-corrected chi connectivity index (χ2v) is 7.60. The predicted molar refractivity (Wildman–Crippen MR) is 88.6 cm³/mol. The highest BCUT2D eigenvalue weighted by Crippen LogP contribution is 2.40. The van der Waals surface area contributed by atoms with Gasteiger partial charge in [-0.1, -0.05) is 0 Å². The van der Waals surface area contributed by atoms with E-state index in [9.17, 15) is 0 Å². The van der Waals surface area contributed by atoms with Crippen LogP contribution in [0.15, 0.2) is 0 Å². The van der Waals surface area contributed by atoms with Gasteiger partial charge in [0.05, 0.1) is 37.6 Å². The maximum atomic E-state index is 6.20. The number of hydrogen-bond acceptors (Lipinski definition) is 5. The lowest BCUT2D eigenvalue weighted by atomic mass is 9.87. The van der Waals surface area contributed by atoms with E-state index in [1.54, 1.807) is 0 Å². The minimum atomic E-state index is -0.530. The third-order valence-corrected chi connectivity index (χ3v) is 4.18. The zero-order valence-corrected chi connectivity index (χ0v) is 15.4. The van der Waals surface area contributed by atoms with Crippen LogP contribution in [0.4, 0.5) is 0 Å². The molecule has 0 aromatic heterocycles. The summed E-state index contributed by atoms with van der Waals surface area (Å²) >= 11 is 0. The zero-order chi connectivity index (χ0) is 16.9. The van der Waals surface area contributed by atoms with Crippen molar-refractivity contribution in [2.45, 2.75) is 90.0 Å². The Morgan fingerprint density at radius 1 is 1.13 bits per heavy atom. The minimum absolute atomic E-state index is 0.137. The fourth-order valence-corrected chi connectivity index (χ4v) is 3.34. The Balaban J connectivity index is 1.83. The van der Waals surface area contributed by atoms with Gasteiger partial charge >= 0.3 is 0 Å². The van der Waals surface area contributed by atoms with E-state index in [1.165, 1.54) is 0 Å². The third kappa shape index (κ3) is 6.67. The van der Waals surface area contributed by atoms with Crippen molar-refractivity contribution in [2.24, 2.45) is 0 Å². The first-order valence-electron chi connectivity index (χ1n) is 9.01. The molecule has 0 aromatic carbocycles. The molecule has 2 fully saturated rings. The summed E-state index contributed by atoms with van der Waals surface area (Å²) in [5, 5.41) is 0. The molecule has 0 aromatic rings. The molecule has 23 heavy (non-hydrogen) atoms. The monoisotopic (exact) mass is 330 g/mol. The number of hydrogen-bond donors (Lipinski definition) is 0.